The molecule has 9 heteroatoms. The van der Waals surface area contributed by atoms with Crippen molar-refractivity contribution < 1.29 is 26.6 Å². The normalized spacial score (nSPS) is 14.7. The Kier molecular flexibility index (Phi) is 15.4. The molecular weight excluding hydrogens is 489 g/mol. The SMILES string of the molecule is [CH2-][Si](OC(C)(C)C)(OC(C)(C)C)OC(C)(C)C.[CH2-][Si](OC(C)(C)C)(OC(C)(C)C)OC(C)(C)C.[Mg+2]. The maximum Gasteiger partial charge on any atom is 2.00 e. The maximum absolute atomic E-state index is 5.96. The molecule has 0 aromatic carbocycles. The van der Waals surface area contributed by atoms with Crippen LogP contribution in [0.15, 0.2) is 0 Å². The molecule has 0 amide bonds. The van der Waals surface area contributed by atoms with E-state index in [-0.39, 0.29) is 56.7 Å². The zero-order chi connectivity index (χ0) is 28.2. The van der Waals surface area contributed by atoms with E-state index in [2.05, 4.69) is 13.1 Å². The Morgan fingerprint density at radius 3 is 0.457 bits per heavy atom. The van der Waals surface area contributed by atoms with Gasteiger partial charge in [-0.3, -0.25) is 13.1 Å². The summed E-state index contributed by atoms with van der Waals surface area (Å²) in [7, 11) is -5.81. The Bertz CT molecular complexity index is 465. The van der Waals surface area contributed by atoms with E-state index in [1.165, 1.54) is 0 Å². The first-order chi connectivity index (χ1) is 14.2. The van der Waals surface area contributed by atoms with Crippen LogP contribution in [0.3, 0.4) is 0 Å². The first-order valence-electron chi connectivity index (χ1n) is 12.2. The molecule has 0 aromatic heterocycles. The molecule has 0 radical (unpaired) electrons. The van der Waals surface area contributed by atoms with Crippen molar-refractivity contribution in [2.75, 3.05) is 0 Å². The summed E-state index contributed by atoms with van der Waals surface area (Å²) in [4.78, 5) is 0. The Morgan fingerprint density at radius 1 is 0.314 bits per heavy atom. The summed E-state index contributed by atoms with van der Waals surface area (Å²) < 4.78 is 35.8. The largest absolute Gasteiger partial charge is 2.00 e. The zero-order valence-corrected chi connectivity index (χ0v) is 30.0. The molecule has 0 fully saturated rings. The molecule has 0 saturated heterocycles. The van der Waals surface area contributed by atoms with Crippen LogP contribution in [0.5, 0.6) is 0 Å². The van der Waals surface area contributed by atoms with Gasteiger partial charge in [0.05, 0.1) is 33.6 Å². The predicted molar refractivity (Wildman–Crippen MR) is 153 cm³/mol. The van der Waals surface area contributed by atoms with Crippen LogP contribution in [0.25, 0.3) is 0 Å². The van der Waals surface area contributed by atoms with Gasteiger partial charge >= 0.3 is 40.7 Å². The molecule has 0 rings (SSSR count). The molecule has 0 aliphatic heterocycles. The third-order valence-electron chi connectivity index (χ3n) is 2.77. The summed E-state index contributed by atoms with van der Waals surface area (Å²) >= 11 is 0. The molecule has 208 valence electrons. The monoisotopic (exact) mass is 546 g/mol. The number of hydrogen-bond donors (Lipinski definition) is 0. The van der Waals surface area contributed by atoms with Crippen molar-refractivity contribution in [1.82, 2.24) is 0 Å². The molecule has 0 bridgehead atoms. The quantitative estimate of drug-likeness (QED) is 0.261. The van der Waals surface area contributed by atoms with Gasteiger partial charge in [0.15, 0.2) is 0 Å². The number of hydrogen-bond acceptors (Lipinski definition) is 6. The van der Waals surface area contributed by atoms with E-state index in [0.29, 0.717) is 0 Å². The van der Waals surface area contributed by atoms with Gasteiger partial charge < -0.3 is 26.6 Å². The second-order valence-corrected chi connectivity index (χ2v) is 18.6. The van der Waals surface area contributed by atoms with Gasteiger partial charge in [-0.2, -0.15) is 0 Å². The summed E-state index contributed by atoms with van der Waals surface area (Å²) in [5, 5.41) is 0. The van der Waals surface area contributed by atoms with E-state index < -0.39 is 17.6 Å². The van der Waals surface area contributed by atoms with Crippen molar-refractivity contribution in [2.24, 2.45) is 0 Å². The van der Waals surface area contributed by atoms with Crippen LogP contribution >= 0.6 is 0 Å². The van der Waals surface area contributed by atoms with Crippen LogP contribution in [0.4, 0.5) is 0 Å². The van der Waals surface area contributed by atoms with E-state index in [1.54, 1.807) is 0 Å². The molecule has 0 aliphatic carbocycles. The van der Waals surface area contributed by atoms with E-state index in [9.17, 15) is 0 Å². The fraction of sp³-hybridized carbons (Fsp3) is 0.923. The van der Waals surface area contributed by atoms with Crippen molar-refractivity contribution in [2.45, 2.75) is 158 Å². The molecule has 0 saturated carbocycles. The van der Waals surface area contributed by atoms with Crippen molar-refractivity contribution in [3.63, 3.8) is 0 Å². The van der Waals surface area contributed by atoms with E-state index in [0.717, 1.165) is 0 Å². The van der Waals surface area contributed by atoms with Crippen LogP contribution in [0.1, 0.15) is 125 Å². The van der Waals surface area contributed by atoms with Gasteiger partial charge in [-0.05, 0) is 125 Å². The van der Waals surface area contributed by atoms with Crippen LogP contribution in [-0.4, -0.2) is 74.3 Å². The molecule has 0 aliphatic rings. The minimum atomic E-state index is -2.91. The average molecular weight is 547 g/mol. The minimum Gasteiger partial charge on any atom is -0.389 e. The smallest absolute Gasteiger partial charge is 0.389 e. The molecule has 0 atom stereocenters. The van der Waals surface area contributed by atoms with Gasteiger partial charge in [-0.25, -0.2) is 0 Å². The standard InChI is InChI=1S/2C13H29O3Si.Mg/c2*1-11(2,3)14-17(10,15-12(4,5)6)16-13(7,8)9;/h2*10H2,1-9H3;/q2*-1;+2. The van der Waals surface area contributed by atoms with Crippen molar-refractivity contribution in [3.05, 3.63) is 13.1 Å². The molecule has 0 unspecified atom stereocenters. The van der Waals surface area contributed by atoms with Crippen molar-refractivity contribution in [3.8, 4) is 0 Å². The van der Waals surface area contributed by atoms with E-state index in [4.69, 9.17) is 26.6 Å². The maximum atomic E-state index is 5.96. The molecule has 0 heterocycles. The Labute approximate surface area is 237 Å². The van der Waals surface area contributed by atoms with E-state index in [1.807, 2.05) is 125 Å². The van der Waals surface area contributed by atoms with Gasteiger partial charge in [0.25, 0.3) is 0 Å². The third kappa shape index (κ3) is 27.8. The van der Waals surface area contributed by atoms with Crippen molar-refractivity contribution in [1.29, 1.82) is 0 Å². The van der Waals surface area contributed by atoms with Gasteiger partial charge in [-0.15, -0.1) is 0 Å². The molecule has 0 aromatic rings. The Balaban J connectivity index is -0.000000569. The molecular formula is C26H58MgO6Si2. The summed E-state index contributed by atoms with van der Waals surface area (Å²) in [6, 6.07) is 0. The fourth-order valence-corrected chi connectivity index (χ4v) is 8.77. The molecule has 35 heavy (non-hydrogen) atoms. The minimum absolute atomic E-state index is 0. The second-order valence-electron chi connectivity index (χ2n) is 14.7. The van der Waals surface area contributed by atoms with Gasteiger partial charge in [0.1, 0.15) is 0 Å². The van der Waals surface area contributed by atoms with Gasteiger partial charge in [-0.1, -0.05) is 0 Å². The topological polar surface area (TPSA) is 55.4 Å². The van der Waals surface area contributed by atoms with Crippen LogP contribution in [0, 0.1) is 13.1 Å². The van der Waals surface area contributed by atoms with Crippen LogP contribution in [-0.2, 0) is 26.6 Å². The summed E-state index contributed by atoms with van der Waals surface area (Å²) in [6.45, 7) is 43.9. The Morgan fingerprint density at radius 2 is 0.400 bits per heavy atom. The number of rotatable bonds is 6. The molecule has 0 spiro atoms. The van der Waals surface area contributed by atoms with Crippen LogP contribution in [0.2, 0.25) is 0 Å². The van der Waals surface area contributed by atoms with Crippen molar-refractivity contribution >= 4 is 40.7 Å². The third-order valence-corrected chi connectivity index (χ3v) is 8.31. The summed E-state index contributed by atoms with van der Waals surface area (Å²) in [5.74, 6) is 0. The van der Waals surface area contributed by atoms with Crippen LogP contribution < -0.4 is 0 Å². The Hall–Kier alpha value is 0.960. The molecule has 0 N–H and O–H groups in total. The second kappa shape index (κ2) is 13.3. The first kappa shape index (κ1) is 40.5. The average Bonchev–Trinajstić information content (AvgIpc) is 2.20. The zero-order valence-electron chi connectivity index (χ0n) is 26.6. The fourth-order valence-electron chi connectivity index (χ4n) is 2.92. The predicted octanol–water partition coefficient (Wildman–Crippen LogP) is 7.11. The summed E-state index contributed by atoms with van der Waals surface area (Å²) in [5.41, 5.74) is -1.97. The summed E-state index contributed by atoms with van der Waals surface area (Å²) in [6.07, 6.45) is 0. The van der Waals surface area contributed by atoms with Gasteiger partial charge in [0, 0.05) is 0 Å². The van der Waals surface area contributed by atoms with Gasteiger partial charge in [0.2, 0.25) is 0 Å². The van der Waals surface area contributed by atoms with E-state index >= 15 is 0 Å². The molecule has 6 nitrogen and oxygen atoms in total. The first-order valence-corrected chi connectivity index (χ1v) is 16.0.